The predicted molar refractivity (Wildman–Crippen MR) is 63.0 cm³/mol. The first kappa shape index (κ1) is 11.4. The molecule has 0 aromatic carbocycles. The van der Waals surface area contributed by atoms with E-state index in [9.17, 15) is 0 Å². The summed E-state index contributed by atoms with van der Waals surface area (Å²) in [6.07, 6.45) is 8.84. The van der Waals surface area contributed by atoms with Crippen LogP contribution in [0.2, 0.25) is 0 Å². The number of likely N-dealkylation sites (tertiary alicyclic amines) is 1. The van der Waals surface area contributed by atoms with Gasteiger partial charge in [0.25, 0.3) is 0 Å². The first-order chi connectivity index (χ1) is 7.29. The normalized spacial score (nSPS) is 35.6. The molecule has 0 radical (unpaired) electrons. The fraction of sp³-hybridized carbons (Fsp3) is 1.00. The van der Waals surface area contributed by atoms with Crippen molar-refractivity contribution in [2.75, 3.05) is 27.2 Å². The van der Waals surface area contributed by atoms with Gasteiger partial charge in [-0.1, -0.05) is 0 Å². The van der Waals surface area contributed by atoms with Crippen molar-refractivity contribution < 1.29 is 4.74 Å². The van der Waals surface area contributed by atoms with Crippen LogP contribution in [0.5, 0.6) is 0 Å². The third-order valence-corrected chi connectivity index (χ3v) is 4.48. The minimum Gasteiger partial charge on any atom is -0.381 e. The molecule has 1 aliphatic carbocycles. The van der Waals surface area contributed by atoms with E-state index in [1.807, 2.05) is 7.11 Å². The van der Waals surface area contributed by atoms with Gasteiger partial charge >= 0.3 is 0 Å². The maximum atomic E-state index is 5.44. The molecule has 2 nitrogen and oxygen atoms in total. The van der Waals surface area contributed by atoms with E-state index >= 15 is 0 Å². The summed E-state index contributed by atoms with van der Waals surface area (Å²) in [5.74, 6) is 2.02. The van der Waals surface area contributed by atoms with Gasteiger partial charge in [-0.25, -0.2) is 0 Å². The number of rotatable bonds is 2. The molecular weight excluding hydrogens is 186 g/mol. The monoisotopic (exact) mass is 211 g/mol. The topological polar surface area (TPSA) is 12.5 Å². The van der Waals surface area contributed by atoms with Crippen LogP contribution < -0.4 is 0 Å². The molecule has 0 aromatic heterocycles. The standard InChI is InChI=1S/C13H25NO/c1-14-9-7-12(8-10-14)11-3-5-13(15-2)6-4-11/h11-13H,3-10H2,1-2H3. The molecule has 2 heteroatoms. The van der Waals surface area contributed by atoms with Gasteiger partial charge in [-0.05, 0) is 70.5 Å². The maximum Gasteiger partial charge on any atom is 0.0571 e. The highest BCUT2D eigenvalue weighted by Crippen LogP contribution is 2.36. The van der Waals surface area contributed by atoms with Crippen LogP contribution in [0, 0.1) is 11.8 Å². The highest BCUT2D eigenvalue weighted by atomic mass is 16.5. The summed E-state index contributed by atoms with van der Waals surface area (Å²) in [6, 6.07) is 0. The molecule has 2 aliphatic rings. The summed E-state index contributed by atoms with van der Waals surface area (Å²) in [5.41, 5.74) is 0. The Hall–Kier alpha value is -0.0800. The number of hydrogen-bond donors (Lipinski definition) is 0. The zero-order valence-electron chi connectivity index (χ0n) is 10.2. The first-order valence-corrected chi connectivity index (χ1v) is 6.51. The van der Waals surface area contributed by atoms with Crippen LogP contribution in [0.25, 0.3) is 0 Å². The highest BCUT2D eigenvalue weighted by molar-refractivity contribution is 4.81. The molecule has 0 N–H and O–H groups in total. The molecule has 1 aliphatic heterocycles. The van der Waals surface area contributed by atoms with Crippen LogP contribution >= 0.6 is 0 Å². The molecule has 1 saturated heterocycles. The largest absolute Gasteiger partial charge is 0.381 e. The quantitative estimate of drug-likeness (QED) is 0.696. The smallest absolute Gasteiger partial charge is 0.0571 e. The van der Waals surface area contributed by atoms with Crippen molar-refractivity contribution in [2.24, 2.45) is 11.8 Å². The van der Waals surface area contributed by atoms with Crippen molar-refractivity contribution >= 4 is 0 Å². The molecule has 15 heavy (non-hydrogen) atoms. The zero-order chi connectivity index (χ0) is 10.7. The Kier molecular flexibility index (Phi) is 4.04. The summed E-state index contributed by atoms with van der Waals surface area (Å²) in [7, 11) is 4.11. The van der Waals surface area contributed by atoms with Gasteiger partial charge < -0.3 is 9.64 Å². The van der Waals surface area contributed by atoms with Gasteiger partial charge in [0.15, 0.2) is 0 Å². The van der Waals surface area contributed by atoms with E-state index < -0.39 is 0 Å². The van der Waals surface area contributed by atoms with E-state index in [4.69, 9.17) is 4.74 Å². The second-order valence-electron chi connectivity index (χ2n) is 5.41. The summed E-state index contributed by atoms with van der Waals surface area (Å²) in [5, 5.41) is 0. The van der Waals surface area contributed by atoms with Crippen LogP contribution in [-0.4, -0.2) is 38.3 Å². The Morgan fingerprint density at radius 2 is 1.40 bits per heavy atom. The molecule has 0 bridgehead atoms. The molecule has 2 fully saturated rings. The SMILES string of the molecule is COC1CCC(C2CCN(C)CC2)CC1. The van der Waals surface area contributed by atoms with E-state index in [-0.39, 0.29) is 0 Å². The molecule has 0 unspecified atom stereocenters. The second kappa shape index (κ2) is 5.31. The molecule has 0 atom stereocenters. The molecule has 1 saturated carbocycles. The fourth-order valence-electron chi connectivity index (χ4n) is 3.30. The van der Waals surface area contributed by atoms with Crippen molar-refractivity contribution in [3.05, 3.63) is 0 Å². The lowest BCUT2D eigenvalue weighted by Crippen LogP contribution is -2.35. The van der Waals surface area contributed by atoms with Gasteiger partial charge in [0.2, 0.25) is 0 Å². The summed E-state index contributed by atoms with van der Waals surface area (Å²) < 4.78 is 5.44. The minimum atomic E-state index is 0.563. The van der Waals surface area contributed by atoms with E-state index in [0.717, 1.165) is 11.8 Å². The van der Waals surface area contributed by atoms with Crippen LogP contribution in [0.4, 0.5) is 0 Å². The lowest BCUT2D eigenvalue weighted by atomic mass is 9.75. The van der Waals surface area contributed by atoms with Gasteiger partial charge in [0, 0.05) is 7.11 Å². The first-order valence-electron chi connectivity index (χ1n) is 6.51. The molecule has 1 heterocycles. The molecule has 0 spiro atoms. The van der Waals surface area contributed by atoms with Gasteiger partial charge in [-0.2, -0.15) is 0 Å². The highest BCUT2D eigenvalue weighted by Gasteiger charge is 2.29. The van der Waals surface area contributed by atoms with E-state index in [2.05, 4.69) is 11.9 Å². The average molecular weight is 211 g/mol. The zero-order valence-corrected chi connectivity index (χ0v) is 10.2. The van der Waals surface area contributed by atoms with Crippen LogP contribution in [0.15, 0.2) is 0 Å². The molecule has 88 valence electrons. The van der Waals surface area contributed by atoms with E-state index in [1.165, 1.54) is 51.6 Å². The van der Waals surface area contributed by atoms with Crippen molar-refractivity contribution in [3.8, 4) is 0 Å². The van der Waals surface area contributed by atoms with Crippen LogP contribution in [0.1, 0.15) is 38.5 Å². The van der Waals surface area contributed by atoms with Gasteiger partial charge in [0.05, 0.1) is 6.10 Å². The third-order valence-electron chi connectivity index (χ3n) is 4.48. The Bertz CT molecular complexity index is 179. The van der Waals surface area contributed by atoms with Crippen LogP contribution in [-0.2, 0) is 4.74 Å². The Labute approximate surface area is 94.0 Å². The Morgan fingerprint density at radius 3 is 1.93 bits per heavy atom. The molecule has 0 aromatic rings. The lowest BCUT2D eigenvalue weighted by molar-refractivity contribution is 0.0377. The lowest BCUT2D eigenvalue weighted by Gasteiger charge is -2.37. The van der Waals surface area contributed by atoms with Gasteiger partial charge in [0.1, 0.15) is 0 Å². The van der Waals surface area contributed by atoms with Crippen molar-refractivity contribution in [1.29, 1.82) is 0 Å². The Balaban J connectivity index is 1.75. The number of piperidine rings is 1. The second-order valence-corrected chi connectivity index (χ2v) is 5.41. The molecule has 2 rings (SSSR count). The molecular formula is C13H25NO. The predicted octanol–water partition coefficient (Wildman–Crippen LogP) is 2.53. The average Bonchev–Trinajstić information content (AvgIpc) is 2.30. The number of hydrogen-bond acceptors (Lipinski definition) is 2. The summed E-state index contributed by atoms with van der Waals surface area (Å²) in [6.45, 7) is 2.63. The number of methoxy groups -OCH3 is 1. The van der Waals surface area contributed by atoms with Crippen LogP contribution in [0.3, 0.4) is 0 Å². The van der Waals surface area contributed by atoms with Crippen molar-refractivity contribution in [2.45, 2.75) is 44.6 Å². The third kappa shape index (κ3) is 2.94. The number of ether oxygens (including phenoxy) is 1. The van der Waals surface area contributed by atoms with Gasteiger partial charge in [-0.3, -0.25) is 0 Å². The number of nitrogens with zero attached hydrogens (tertiary/aromatic N) is 1. The van der Waals surface area contributed by atoms with E-state index in [0.29, 0.717) is 6.10 Å². The maximum absolute atomic E-state index is 5.44. The van der Waals surface area contributed by atoms with Crippen molar-refractivity contribution in [1.82, 2.24) is 4.90 Å². The molecule has 0 amide bonds. The van der Waals surface area contributed by atoms with Crippen molar-refractivity contribution in [3.63, 3.8) is 0 Å². The summed E-state index contributed by atoms with van der Waals surface area (Å²) in [4.78, 5) is 2.47. The minimum absolute atomic E-state index is 0.563. The van der Waals surface area contributed by atoms with Gasteiger partial charge in [-0.15, -0.1) is 0 Å². The fourth-order valence-corrected chi connectivity index (χ4v) is 3.30. The Morgan fingerprint density at radius 1 is 0.867 bits per heavy atom. The summed E-state index contributed by atoms with van der Waals surface area (Å²) >= 11 is 0. The van der Waals surface area contributed by atoms with E-state index in [1.54, 1.807) is 0 Å².